The Morgan fingerprint density at radius 1 is 0.817 bits per heavy atom. The van der Waals surface area contributed by atoms with Gasteiger partial charge < -0.3 is 33.9 Å². The van der Waals surface area contributed by atoms with Crippen molar-refractivity contribution in [2.24, 2.45) is 5.92 Å². The summed E-state index contributed by atoms with van der Waals surface area (Å²) in [6.45, 7) is 7.11. The molecule has 0 unspecified atom stereocenters. The molecule has 0 radical (unpaired) electrons. The lowest BCUT2D eigenvalue weighted by Gasteiger charge is -2.28. The van der Waals surface area contributed by atoms with Gasteiger partial charge >= 0.3 is 18.0 Å². The number of aliphatic carboxylic acids is 1. The van der Waals surface area contributed by atoms with Crippen LogP contribution in [-0.2, 0) is 51.2 Å². The number of carboxylic acid groups (broad SMARTS) is 1. The van der Waals surface area contributed by atoms with E-state index < -0.39 is 29.6 Å². The Bertz CT molecular complexity index is 2060. The Morgan fingerprint density at radius 3 is 2.12 bits per heavy atom. The first kappa shape index (κ1) is 45.5. The van der Waals surface area contributed by atoms with E-state index in [9.17, 15) is 24.0 Å². The fourth-order valence-electron chi connectivity index (χ4n) is 7.33. The van der Waals surface area contributed by atoms with E-state index in [1.807, 2.05) is 61.6 Å². The standard InChI is InChI=1S/C46H58N4O10/c1-46(2,3)60-43(54)19-18-33(44(55)47-22-25-58-27-26-57-24-21-42(52)53)29-35(51)20-23-50-34(28-32-12-6-11-17-41(32)50)30-48(4)49(5)45(56)59-31-40-38-15-9-7-13-36(38)37-14-8-10-16-39(37)40/h6-17,28,33,40H,18-27,29-31H2,1-5H3,(H,47,55)(H,52,53)/t33-/m1/s1. The SMILES string of the molecule is CN(Cc1cc2ccccc2n1CCC(=O)C[C@@H](CCC(=O)OC(C)(C)C)C(=O)NCCOCCOCCC(=O)O)N(C)C(=O)OCC1c2ccccc2-c2ccccc21. The maximum absolute atomic E-state index is 13.6. The number of benzene rings is 3. The van der Waals surface area contributed by atoms with Crippen LogP contribution in [0.3, 0.4) is 0 Å². The normalized spacial score (nSPS) is 12.8. The highest BCUT2D eigenvalue weighted by Crippen LogP contribution is 2.44. The van der Waals surface area contributed by atoms with Gasteiger partial charge in [-0.25, -0.2) is 14.8 Å². The number of Topliss-reactive ketones (excluding diaryl/α,β-unsaturated/α-hetero) is 1. The van der Waals surface area contributed by atoms with Crippen molar-refractivity contribution in [2.45, 2.75) is 77.5 Å². The molecule has 1 aliphatic carbocycles. The number of para-hydroxylation sites is 1. The van der Waals surface area contributed by atoms with Crippen molar-refractivity contribution in [3.8, 4) is 11.1 Å². The topological polar surface area (TPSA) is 166 Å². The summed E-state index contributed by atoms with van der Waals surface area (Å²) in [4.78, 5) is 63.6. The Morgan fingerprint density at radius 2 is 1.45 bits per heavy atom. The average molecular weight is 827 g/mol. The first-order valence-corrected chi connectivity index (χ1v) is 20.5. The molecule has 0 bridgehead atoms. The fraction of sp³-hybridized carbons (Fsp3) is 0.457. The molecule has 0 spiro atoms. The number of hydrogen-bond acceptors (Lipinski definition) is 10. The van der Waals surface area contributed by atoms with Gasteiger partial charge in [0.15, 0.2) is 0 Å². The van der Waals surface area contributed by atoms with Crippen LogP contribution in [-0.4, -0.2) is 109 Å². The molecule has 14 heteroatoms. The predicted molar refractivity (Wildman–Crippen MR) is 226 cm³/mol. The van der Waals surface area contributed by atoms with Crippen molar-refractivity contribution in [1.82, 2.24) is 19.9 Å². The van der Waals surface area contributed by atoms with E-state index in [1.54, 1.807) is 32.8 Å². The molecule has 1 atom stereocenters. The molecule has 60 heavy (non-hydrogen) atoms. The largest absolute Gasteiger partial charge is 0.481 e. The van der Waals surface area contributed by atoms with Gasteiger partial charge in [-0.1, -0.05) is 66.7 Å². The van der Waals surface area contributed by atoms with Gasteiger partial charge in [0.25, 0.3) is 0 Å². The number of amides is 2. The molecule has 1 aromatic heterocycles. The van der Waals surface area contributed by atoms with Gasteiger partial charge in [-0.05, 0) is 67.0 Å². The van der Waals surface area contributed by atoms with Crippen LogP contribution in [0.2, 0.25) is 0 Å². The van der Waals surface area contributed by atoms with Gasteiger partial charge in [0.1, 0.15) is 18.0 Å². The van der Waals surface area contributed by atoms with E-state index in [0.29, 0.717) is 13.1 Å². The molecular formula is C46H58N4O10. The van der Waals surface area contributed by atoms with Crippen LogP contribution in [0, 0.1) is 5.92 Å². The Labute approximate surface area is 351 Å². The van der Waals surface area contributed by atoms with E-state index in [-0.39, 0.29) is 89.3 Å². The first-order chi connectivity index (χ1) is 28.7. The Kier molecular flexibility index (Phi) is 16.4. The van der Waals surface area contributed by atoms with Crippen LogP contribution in [0.4, 0.5) is 4.79 Å². The molecule has 1 aliphatic rings. The number of aromatic nitrogens is 1. The number of ketones is 1. The number of esters is 1. The number of fused-ring (bicyclic) bond motifs is 4. The van der Waals surface area contributed by atoms with E-state index in [0.717, 1.165) is 38.9 Å². The summed E-state index contributed by atoms with van der Waals surface area (Å²) in [5.41, 5.74) is 5.72. The van der Waals surface area contributed by atoms with Crippen molar-refractivity contribution in [2.75, 3.05) is 53.7 Å². The minimum absolute atomic E-state index is 0.0251. The summed E-state index contributed by atoms with van der Waals surface area (Å²) in [6.07, 6.45) is -0.395. The van der Waals surface area contributed by atoms with E-state index in [4.69, 9.17) is 24.1 Å². The van der Waals surface area contributed by atoms with Crippen LogP contribution in [0.25, 0.3) is 22.0 Å². The number of nitrogens with one attached hydrogen (secondary N) is 1. The third kappa shape index (κ3) is 13.0. The maximum atomic E-state index is 13.6. The quantitative estimate of drug-likeness (QED) is 0.0472. The zero-order chi connectivity index (χ0) is 43.2. The molecule has 0 fully saturated rings. The number of hydrogen-bond donors (Lipinski definition) is 2. The second kappa shape index (κ2) is 21.6. The Hall–Kier alpha value is -5.57. The molecule has 0 saturated carbocycles. The van der Waals surface area contributed by atoms with Crippen molar-refractivity contribution in [1.29, 1.82) is 0 Å². The monoisotopic (exact) mass is 826 g/mol. The number of nitrogens with zero attached hydrogens (tertiary/aromatic N) is 3. The van der Waals surface area contributed by atoms with Crippen LogP contribution in [0.5, 0.6) is 0 Å². The van der Waals surface area contributed by atoms with E-state index in [1.165, 1.54) is 5.01 Å². The summed E-state index contributed by atoms with van der Waals surface area (Å²) in [6, 6.07) is 26.3. The lowest BCUT2D eigenvalue weighted by Crippen LogP contribution is -2.41. The Balaban J connectivity index is 1.17. The molecule has 2 amide bonds. The number of aryl methyl sites for hydroxylation is 1. The molecule has 1 heterocycles. The highest BCUT2D eigenvalue weighted by molar-refractivity contribution is 5.87. The number of hydrazine groups is 1. The molecule has 14 nitrogen and oxygen atoms in total. The minimum Gasteiger partial charge on any atom is -0.481 e. The molecule has 0 saturated heterocycles. The zero-order valence-electron chi connectivity index (χ0n) is 35.3. The highest BCUT2D eigenvalue weighted by atomic mass is 16.6. The molecule has 3 aromatic carbocycles. The summed E-state index contributed by atoms with van der Waals surface area (Å²) < 4.78 is 24.1. The predicted octanol–water partition coefficient (Wildman–Crippen LogP) is 6.58. The zero-order valence-corrected chi connectivity index (χ0v) is 35.3. The number of carboxylic acids is 1. The summed E-state index contributed by atoms with van der Waals surface area (Å²) in [5, 5.41) is 15.7. The molecule has 0 aliphatic heterocycles. The number of carbonyl (C=O) groups excluding carboxylic acids is 4. The maximum Gasteiger partial charge on any atom is 0.424 e. The molecule has 322 valence electrons. The smallest absolute Gasteiger partial charge is 0.424 e. The lowest BCUT2D eigenvalue weighted by atomic mass is 9.94. The van der Waals surface area contributed by atoms with Gasteiger partial charge in [-0.15, -0.1) is 0 Å². The molecule has 2 N–H and O–H groups in total. The first-order valence-electron chi connectivity index (χ1n) is 20.5. The number of rotatable bonds is 23. The van der Waals surface area contributed by atoms with Gasteiger partial charge in [-0.3, -0.25) is 19.2 Å². The average Bonchev–Trinajstić information content (AvgIpc) is 3.73. The second-order valence-electron chi connectivity index (χ2n) is 16.0. The van der Waals surface area contributed by atoms with Gasteiger partial charge in [0.2, 0.25) is 5.91 Å². The van der Waals surface area contributed by atoms with Crippen LogP contribution < -0.4 is 5.32 Å². The third-order valence-corrected chi connectivity index (χ3v) is 10.4. The third-order valence-electron chi connectivity index (χ3n) is 10.4. The van der Waals surface area contributed by atoms with Crippen molar-refractivity contribution in [3.05, 3.63) is 95.7 Å². The van der Waals surface area contributed by atoms with Crippen molar-refractivity contribution >= 4 is 40.6 Å². The summed E-state index contributed by atoms with van der Waals surface area (Å²) in [7, 11) is 3.48. The summed E-state index contributed by atoms with van der Waals surface area (Å²) >= 11 is 0. The van der Waals surface area contributed by atoms with Gasteiger partial charge in [-0.2, -0.15) is 0 Å². The van der Waals surface area contributed by atoms with Gasteiger partial charge in [0, 0.05) is 69.5 Å². The highest BCUT2D eigenvalue weighted by Gasteiger charge is 2.30. The summed E-state index contributed by atoms with van der Waals surface area (Å²) in [5.74, 6) is -2.72. The van der Waals surface area contributed by atoms with Gasteiger partial charge in [0.05, 0.1) is 39.4 Å². The van der Waals surface area contributed by atoms with Crippen LogP contribution >= 0.6 is 0 Å². The molecule has 4 aromatic rings. The van der Waals surface area contributed by atoms with Crippen LogP contribution in [0.1, 0.15) is 75.6 Å². The second-order valence-corrected chi connectivity index (χ2v) is 16.0. The number of carbonyl (C=O) groups is 5. The van der Waals surface area contributed by atoms with E-state index in [2.05, 4.69) is 34.1 Å². The van der Waals surface area contributed by atoms with E-state index >= 15 is 0 Å². The fourth-order valence-corrected chi connectivity index (χ4v) is 7.33. The van der Waals surface area contributed by atoms with Crippen LogP contribution in [0.15, 0.2) is 78.9 Å². The minimum atomic E-state index is -0.942. The van der Waals surface area contributed by atoms with Crippen molar-refractivity contribution in [3.63, 3.8) is 0 Å². The molecular weight excluding hydrogens is 769 g/mol. The van der Waals surface area contributed by atoms with Crippen molar-refractivity contribution < 1.29 is 48.0 Å². The molecule has 5 rings (SSSR count). The number of ether oxygens (including phenoxy) is 4. The lowest BCUT2D eigenvalue weighted by molar-refractivity contribution is -0.155.